The van der Waals surface area contributed by atoms with Gasteiger partial charge >= 0.3 is 0 Å². The summed E-state index contributed by atoms with van der Waals surface area (Å²) in [5, 5.41) is 4.75. The lowest BCUT2D eigenvalue weighted by Gasteiger charge is -2.32. The van der Waals surface area contributed by atoms with Crippen molar-refractivity contribution in [2.45, 2.75) is 32.1 Å². The van der Waals surface area contributed by atoms with Crippen LogP contribution in [0.2, 0.25) is 0 Å². The lowest BCUT2D eigenvalue weighted by atomic mass is 10.0. The Labute approximate surface area is 182 Å². The van der Waals surface area contributed by atoms with Gasteiger partial charge in [0.2, 0.25) is 0 Å². The summed E-state index contributed by atoms with van der Waals surface area (Å²) in [6.45, 7) is 4.64. The quantitative estimate of drug-likeness (QED) is 0.609. The molecule has 4 heterocycles. The zero-order valence-electron chi connectivity index (χ0n) is 17.9. The number of rotatable bonds is 6. The van der Waals surface area contributed by atoms with Gasteiger partial charge < -0.3 is 14.2 Å². The van der Waals surface area contributed by atoms with Gasteiger partial charge in [-0.25, -0.2) is 0 Å². The van der Waals surface area contributed by atoms with Gasteiger partial charge in [0.1, 0.15) is 13.2 Å². The van der Waals surface area contributed by atoms with Gasteiger partial charge in [0.25, 0.3) is 0 Å². The summed E-state index contributed by atoms with van der Waals surface area (Å²) in [5.41, 5.74) is 4.39. The molecule has 0 radical (unpaired) electrons. The number of nitrogens with zero attached hydrogens (tertiary/aromatic N) is 4. The van der Waals surface area contributed by atoms with E-state index in [9.17, 15) is 0 Å². The molecule has 0 bridgehead atoms. The van der Waals surface area contributed by atoms with E-state index in [1.54, 1.807) is 6.20 Å². The molecule has 7 heteroatoms. The predicted octanol–water partition coefficient (Wildman–Crippen LogP) is 3.43. The van der Waals surface area contributed by atoms with Crippen molar-refractivity contribution in [3.8, 4) is 22.8 Å². The molecule has 0 amide bonds. The molecule has 5 rings (SSSR count). The van der Waals surface area contributed by atoms with Crippen molar-refractivity contribution < 1.29 is 14.2 Å². The van der Waals surface area contributed by atoms with Crippen LogP contribution >= 0.6 is 0 Å². The second kappa shape index (κ2) is 9.08. The number of piperidine rings is 1. The number of pyridine rings is 1. The van der Waals surface area contributed by atoms with Crippen LogP contribution in [0.15, 0.2) is 48.9 Å². The van der Waals surface area contributed by atoms with Gasteiger partial charge in [0, 0.05) is 49.9 Å². The molecule has 0 spiro atoms. The van der Waals surface area contributed by atoms with Crippen LogP contribution in [-0.4, -0.2) is 52.1 Å². The Hall–Kier alpha value is -2.90. The van der Waals surface area contributed by atoms with Crippen molar-refractivity contribution in [2.75, 3.05) is 26.3 Å². The Morgan fingerprint density at radius 1 is 1.16 bits per heavy atom. The number of fused-ring (bicyclic) bond motifs is 1. The zero-order valence-corrected chi connectivity index (χ0v) is 17.9. The van der Waals surface area contributed by atoms with Gasteiger partial charge in [0.15, 0.2) is 11.5 Å². The lowest BCUT2D eigenvalue weighted by Crippen LogP contribution is -2.39. The maximum Gasteiger partial charge on any atom is 0.162 e. The van der Waals surface area contributed by atoms with Gasteiger partial charge in [-0.15, -0.1) is 0 Å². The van der Waals surface area contributed by atoms with Crippen LogP contribution in [0.5, 0.6) is 11.5 Å². The maximum atomic E-state index is 6.19. The van der Waals surface area contributed by atoms with Crippen LogP contribution in [-0.2, 0) is 24.9 Å². The van der Waals surface area contributed by atoms with E-state index in [1.807, 2.05) is 36.1 Å². The molecular weight excluding hydrogens is 392 g/mol. The average molecular weight is 421 g/mol. The Morgan fingerprint density at radius 3 is 2.94 bits per heavy atom. The molecule has 2 aliphatic heterocycles. The third-order valence-electron chi connectivity index (χ3n) is 5.78. The van der Waals surface area contributed by atoms with E-state index < -0.39 is 0 Å². The molecule has 1 saturated heterocycles. The highest BCUT2D eigenvalue weighted by Gasteiger charge is 2.23. The van der Waals surface area contributed by atoms with E-state index in [-0.39, 0.29) is 6.10 Å². The smallest absolute Gasteiger partial charge is 0.162 e. The fourth-order valence-corrected chi connectivity index (χ4v) is 4.32. The number of aryl methyl sites for hydroxylation is 1. The molecule has 1 atom stereocenters. The molecule has 31 heavy (non-hydrogen) atoms. The minimum atomic E-state index is 0.239. The zero-order chi connectivity index (χ0) is 21.0. The highest BCUT2D eigenvalue weighted by atomic mass is 16.6. The number of aromatic nitrogens is 3. The summed E-state index contributed by atoms with van der Waals surface area (Å²) in [7, 11) is 1.97. The molecule has 2 aliphatic rings. The SMILES string of the molecule is Cn1cc(CN2CCCC(OCc3cccnc3)C2)c(-c2ccc3c(c2)OCCO3)n1. The van der Waals surface area contributed by atoms with Gasteiger partial charge in [-0.3, -0.25) is 14.6 Å². The van der Waals surface area contributed by atoms with Crippen LogP contribution in [0.4, 0.5) is 0 Å². The Bertz CT molecular complexity index is 1020. The molecule has 1 aromatic carbocycles. The average Bonchev–Trinajstić information content (AvgIpc) is 3.18. The van der Waals surface area contributed by atoms with Crippen LogP contribution in [0.3, 0.4) is 0 Å². The second-order valence-electron chi connectivity index (χ2n) is 8.21. The minimum absolute atomic E-state index is 0.239. The molecule has 2 aromatic heterocycles. The highest BCUT2D eigenvalue weighted by Crippen LogP contribution is 2.35. The van der Waals surface area contributed by atoms with E-state index in [0.29, 0.717) is 19.8 Å². The maximum absolute atomic E-state index is 6.19. The van der Waals surface area contributed by atoms with Gasteiger partial charge in [-0.1, -0.05) is 6.07 Å². The second-order valence-corrected chi connectivity index (χ2v) is 8.21. The molecular formula is C24H28N4O3. The summed E-state index contributed by atoms with van der Waals surface area (Å²) in [5.74, 6) is 1.60. The fourth-order valence-electron chi connectivity index (χ4n) is 4.32. The summed E-state index contributed by atoms with van der Waals surface area (Å²) in [6.07, 6.45) is 8.25. The van der Waals surface area contributed by atoms with Crippen molar-refractivity contribution in [2.24, 2.45) is 7.05 Å². The topological polar surface area (TPSA) is 61.6 Å². The van der Waals surface area contributed by atoms with Crippen LogP contribution in [0, 0.1) is 0 Å². The first-order chi connectivity index (χ1) is 15.2. The molecule has 0 saturated carbocycles. The van der Waals surface area contributed by atoms with Crippen molar-refractivity contribution in [1.82, 2.24) is 19.7 Å². The summed E-state index contributed by atoms with van der Waals surface area (Å²) in [4.78, 5) is 6.64. The highest BCUT2D eigenvalue weighted by molar-refractivity contribution is 5.66. The number of likely N-dealkylation sites (tertiary alicyclic amines) is 1. The van der Waals surface area contributed by atoms with E-state index in [0.717, 1.165) is 60.8 Å². The third kappa shape index (κ3) is 4.73. The minimum Gasteiger partial charge on any atom is -0.486 e. The molecule has 0 N–H and O–H groups in total. The Balaban J connectivity index is 1.27. The molecule has 162 valence electrons. The number of benzene rings is 1. The Kier molecular flexibility index (Phi) is 5.86. The first kappa shape index (κ1) is 20.0. The van der Waals surface area contributed by atoms with Crippen molar-refractivity contribution in [1.29, 1.82) is 0 Å². The molecule has 7 nitrogen and oxygen atoms in total. The van der Waals surface area contributed by atoms with Crippen LogP contribution in [0.1, 0.15) is 24.0 Å². The third-order valence-corrected chi connectivity index (χ3v) is 5.78. The summed E-state index contributed by atoms with van der Waals surface area (Å²) in [6, 6.07) is 10.1. The molecule has 3 aromatic rings. The van der Waals surface area contributed by atoms with Crippen LogP contribution in [0.25, 0.3) is 11.3 Å². The normalized spacial score (nSPS) is 18.8. The first-order valence-corrected chi connectivity index (χ1v) is 10.9. The van der Waals surface area contributed by atoms with Gasteiger partial charge in [-0.05, 0) is 49.2 Å². The lowest BCUT2D eigenvalue weighted by molar-refractivity contribution is -0.0121. The standard InChI is InChI=1S/C24H28N4O3/c1-27-14-20(24(26-27)19-6-7-22-23(12-19)30-11-10-29-22)15-28-9-3-5-21(16-28)31-17-18-4-2-8-25-13-18/h2,4,6-8,12-14,21H,3,5,9-11,15-17H2,1H3. The predicted molar refractivity (Wildman–Crippen MR) is 117 cm³/mol. The first-order valence-electron chi connectivity index (χ1n) is 10.9. The summed E-state index contributed by atoms with van der Waals surface area (Å²) < 4.78 is 19.5. The van der Waals surface area contributed by atoms with Crippen molar-refractivity contribution in [3.63, 3.8) is 0 Å². The van der Waals surface area contributed by atoms with Gasteiger partial charge in [-0.2, -0.15) is 5.10 Å². The monoisotopic (exact) mass is 420 g/mol. The van der Waals surface area contributed by atoms with E-state index >= 15 is 0 Å². The van der Waals surface area contributed by atoms with Crippen LogP contribution < -0.4 is 9.47 Å². The Morgan fingerprint density at radius 2 is 2.06 bits per heavy atom. The van der Waals surface area contributed by atoms with E-state index in [2.05, 4.69) is 28.2 Å². The van der Waals surface area contributed by atoms with E-state index in [4.69, 9.17) is 19.3 Å². The van der Waals surface area contributed by atoms with Crippen molar-refractivity contribution in [3.05, 3.63) is 60.0 Å². The molecule has 0 aliphatic carbocycles. The molecule has 1 fully saturated rings. The van der Waals surface area contributed by atoms with Gasteiger partial charge in [0.05, 0.1) is 18.4 Å². The molecule has 1 unspecified atom stereocenters. The number of hydrogen-bond donors (Lipinski definition) is 0. The number of hydrogen-bond acceptors (Lipinski definition) is 6. The fraction of sp³-hybridized carbons (Fsp3) is 0.417. The van der Waals surface area contributed by atoms with Crippen molar-refractivity contribution >= 4 is 0 Å². The number of ether oxygens (including phenoxy) is 3. The summed E-state index contributed by atoms with van der Waals surface area (Å²) >= 11 is 0. The van der Waals surface area contributed by atoms with E-state index in [1.165, 1.54) is 5.56 Å². The largest absolute Gasteiger partial charge is 0.486 e.